The standard InChI is InChI=1S/C35H29Cl2N3O5/c1-3-45-35(43)39-30-16-13-26(18-32(30)44-2)24-9-4-22(5-10-24)8-17-33-38-31(28-15-14-27(36)19-29(28)37)21-40(33)20-23-6-11-25(12-7-23)34(41)42/h4-19,21H,3,20H2,1-2H3,(H,39,43)(H,41,42)/b17-8+. The Morgan fingerprint density at radius 1 is 0.933 bits per heavy atom. The van der Waals surface area contributed by atoms with Gasteiger partial charge in [0, 0.05) is 23.3 Å². The Bertz CT molecular complexity index is 1870. The van der Waals surface area contributed by atoms with Crippen LogP contribution in [-0.4, -0.2) is 40.4 Å². The van der Waals surface area contributed by atoms with Gasteiger partial charge in [0.05, 0.1) is 35.7 Å². The van der Waals surface area contributed by atoms with Crippen LogP contribution in [0.2, 0.25) is 10.0 Å². The number of nitrogens with one attached hydrogen (secondary N) is 1. The van der Waals surface area contributed by atoms with E-state index >= 15 is 0 Å². The lowest BCUT2D eigenvalue weighted by molar-refractivity contribution is 0.0696. The van der Waals surface area contributed by atoms with Crippen LogP contribution in [0.3, 0.4) is 0 Å². The number of aromatic carboxylic acids is 1. The third-order valence-electron chi connectivity index (χ3n) is 6.95. The molecule has 0 aliphatic rings. The zero-order chi connectivity index (χ0) is 31.9. The molecular weight excluding hydrogens is 613 g/mol. The topological polar surface area (TPSA) is 103 Å². The molecule has 5 aromatic rings. The van der Waals surface area contributed by atoms with E-state index in [-0.39, 0.29) is 12.2 Å². The largest absolute Gasteiger partial charge is 0.495 e. The van der Waals surface area contributed by atoms with E-state index in [4.69, 9.17) is 37.7 Å². The lowest BCUT2D eigenvalue weighted by Gasteiger charge is -2.12. The predicted molar refractivity (Wildman–Crippen MR) is 178 cm³/mol. The van der Waals surface area contributed by atoms with Gasteiger partial charge < -0.3 is 19.1 Å². The maximum Gasteiger partial charge on any atom is 0.411 e. The number of hydrogen-bond donors (Lipinski definition) is 2. The first-order chi connectivity index (χ1) is 21.7. The number of rotatable bonds is 10. The maximum absolute atomic E-state index is 11.9. The van der Waals surface area contributed by atoms with Crippen molar-refractivity contribution in [1.82, 2.24) is 9.55 Å². The van der Waals surface area contributed by atoms with E-state index < -0.39 is 12.1 Å². The van der Waals surface area contributed by atoms with Gasteiger partial charge >= 0.3 is 12.1 Å². The van der Waals surface area contributed by atoms with Gasteiger partial charge in [-0.1, -0.05) is 71.7 Å². The number of anilines is 1. The molecule has 0 aliphatic heterocycles. The normalized spacial score (nSPS) is 11.0. The van der Waals surface area contributed by atoms with Crippen LogP contribution in [0.25, 0.3) is 34.5 Å². The van der Waals surface area contributed by atoms with Crippen molar-refractivity contribution in [3.05, 3.63) is 124 Å². The number of imidazole rings is 1. The molecule has 0 bridgehead atoms. The predicted octanol–water partition coefficient (Wildman–Crippen LogP) is 9.02. The number of aromatic nitrogens is 2. The minimum Gasteiger partial charge on any atom is -0.495 e. The fourth-order valence-electron chi connectivity index (χ4n) is 4.67. The van der Waals surface area contributed by atoms with Crippen molar-refractivity contribution < 1.29 is 24.2 Å². The summed E-state index contributed by atoms with van der Waals surface area (Å²) in [5.74, 6) is 0.239. The number of carboxylic acid groups (broad SMARTS) is 1. The Morgan fingerprint density at radius 3 is 2.33 bits per heavy atom. The van der Waals surface area contributed by atoms with Crippen LogP contribution in [-0.2, 0) is 11.3 Å². The van der Waals surface area contributed by atoms with Crippen molar-refractivity contribution in [2.24, 2.45) is 0 Å². The van der Waals surface area contributed by atoms with Crippen LogP contribution >= 0.6 is 23.2 Å². The summed E-state index contributed by atoms with van der Waals surface area (Å²) in [6, 6.07) is 25.6. The van der Waals surface area contributed by atoms with E-state index in [1.54, 1.807) is 56.5 Å². The zero-order valence-corrected chi connectivity index (χ0v) is 26.0. The third kappa shape index (κ3) is 7.73. The Labute approximate surface area is 270 Å². The molecule has 8 nitrogen and oxygen atoms in total. The average Bonchev–Trinajstić information content (AvgIpc) is 3.42. The number of ether oxygens (including phenoxy) is 2. The van der Waals surface area contributed by atoms with E-state index in [9.17, 15) is 14.7 Å². The molecule has 0 fully saturated rings. The molecule has 0 saturated carbocycles. The van der Waals surface area contributed by atoms with Gasteiger partial charge in [-0.25, -0.2) is 14.6 Å². The van der Waals surface area contributed by atoms with Gasteiger partial charge in [0.1, 0.15) is 11.6 Å². The first kappa shape index (κ1) is 31.4. The minimum absolute atomic E-state index is 0.226. The van der Waals surface area contributed by atoms with Gasteiger partial charge in [0.15, 0.2) is 0 Å². The van der Waals surface area contributed by atoms with E-state index in [0.717, 1.165) is 27.8 Å². The van der Waals surface area contributed by atoms with Crippen LogP contribution in [0.4, 0.5) is 10.5 Å². The number of halogens is 2. The second kappa shape index (κ2) is 14.2. The summed E-state index contributed by atoms with van der Waals surface area (Å²) >= 11 is 12.6. The van der Waals surface area contributed by atoms with Crippen LogP contribution in [0.15, 0.2) is 91.1 Å². The van der Waals surface area contributed by atoms with Crippen molar-refractivity contribution in [1.29, 1.82) is 0 Å². The van der Waals surface area contributed by atoms with Gasteiger partial charge in [-0.05, 0) is 77.7 Å². The van der Waals surface area contributed by atoms with Crippen LogP contribution < -0.4 is 10.1 Å². The van der Waals surface area contributed by atoms with Crippen molar-refractivity contribution in [3.63, 3.8) is 0 Å². The van der Waals surface area contributed by atoms with E-state index in [0.29, 0.717) is 39.5 Å². The van der Waals surface area contributed by atoms with Gasteiger partial charge in [0.2, 0.25) is 0 Å². The van der Waals surface area contributed by atoms with Gasteiger partial charge in [-0.3, -0.25) is 5.32 Å². The number of methoxy groups -OCH3 is 1. The van der Waals surface area contributed by atoms with E-state index in [2.05, 4.69) is 5.32 Å². The molecule has 2 N–H and O–H groups in total. The molecule has 4 aromatic carbocycles. The van der Waals surface area contributed by atoms with Crippen molar-refractivity contribution >= 4 is 53.1 Å². The zero-order valence-electron chi connectivity index (χ0n) is 24.5. The van der Waals surface area contributed by atoms with Crippen LogP contribution in [0, 0.1) is 0 Å². The Balaban J connectivity index is 1.40. The molecule has 0 atom stereocenters. The fraction of sp³-hybridized carbons (Fsp3) is 0.114. The van der Waals surface area contributed by atoms with Gasteiger partial charge in [0.25, 0.3) is 0 Å². The molecule has 0 radical (unpaired) electrons. The molecule has 228 valence electrons. The molecule has 10 heteroatoms. The van der Waals surface area contributed by atoms with Crippen molar-refractivity contribution in [2.45, 2.75) is 13.5 Å². The third-order valence-corrected chi connectivity index (χ3v) is 7.50. The summed E-state index contributed by atoms with van der Waals surface area (Å²) in [5.41, 5.74) is 5.95. The lowest BCUT2D eigenvalue weighted by Crippen LogP contribution is -2.13. The molecule has 0 aliphatic carbocycles. The van der Waals surface area contributed by atoms with Gasteiger partial charge in [-0.15, -0.1) is 0 Å². The number of carboxylic acids is 1. The first-order valence-corrected chi connectivity index (χ1v) is 14.7. The highest BCUT2D eigenvalue weighted by atomic mass is 35.5. The van der Waals surface area contributed by atoms with Crippen molar-refractivity contribution in [3.8, 4) is 28.1 Å². The second-order valence-electron chi connectivity index (χ2n) is 9.95. The Morgan fingerprint density at radius 2 is 1.67 bits per heavy atom. The molecule has 0 saturated heterocycles. The van der Waals surface area contributed by atoms with Gasteiger partial charge in [-0.2, -0.15) is 0 Å². The number of amides is 1. The highest BCUT2D eigenvalue weighted by Gasteiger charge is 2.13. The molecule has 1 heterocycles. The summed E-state index contributed by atoms with van der Waals surface area (Å²) in [4.78, 5) is 28.0. The lowest BCUT2D eigenvalue weighted by atomic mass is 10.0. The van der Waals surface area contributed by atoms with E-state index in [1.165, 1.54) is 0 Å². The number of nitrogens with zero attached hydrogens (tertiary/aromatic N) is 2. The number of carbonyl (C=O) groups is 2. The maximum atomic E-state index is 11.9. The minimum atomic E-state index is -0.972. The molecule has 1 aromatic heterocycles. The first-order valence-electron chi connectivity index (χ1n) is 14.0. The molecule has 5 rings (SSSR count). The highest BCUT2D eigenvalue weighted by molar-refractivity contribution is 6.36. The number of benzene rings is 4. The summed E-state index contributed by atoms with van der Waals surface area (Å²) in [6.07, 6.45) is 5.26. The summed E-state index contributed by atoms with van der Waals surface area (Å²) < 4.78 is 12.4. The molecule has 0 unspecified atom stereocenters. The number of hydrogen-bond acceptors (Lipinski definition) is 5. The Kier molecular flexibility index (Phi) is 9.87. The van der Waals surface area contributed by atoms with Crippen LogP contribution in [0.1, 0.15) is 34.2 Å². The smallest absolute Gasteiger partial charge is 0.411 e. The van der Waals surface area contributed by atoms with E-state index in [1.807, 2.05) is 65.4 Å². The summed E-state index contributed by atoms with van der Waals surface area (Å²) in [7, 11) is 1.55. The summed E-state index contributed by atoms with van der Waals surface area (Å²) in [6.45, 7) is 2.49. The molecule has 1 amide bonds. The van der Waals surface area contributed by atoms with Crippen LogP contribution in [0.5, 0.6) is 5.75 Å². The second-order valence-corrected chi connectivity index (χ2v) is 10.8. The van der Waals surface area contributed by atoms with Crippen molar-refractivity contribution in [2.75, 3.05) is 19.0 Å². The summed E-state index contributed by atoms with van der Waals surface area (Å²) in [5, 5.41) is 13.0. The quantitative estimate of drug-likeness (QED) is 0.158. The Hall–Kier alpha value is -5.05. The average molecular weight is 643 g/mol. The highest BCUT2D eigenvalue weighted by Crippen LogP contribution is 2.32. The SMILES string of the molecule is CCOC(=O)Nc1ccc(-c2ccc(/C=C/c3nc(-c4ccc(Cl)cc4Cl)cn3Cc3ccc(C(=O)O)cc3)cc2)cc1OC. The molecule has 0 spiro atoms. The molecule has 45 heavy (non-hydrogen) atoms. The number of carbonyl (C=O) groups excluding carboxylic acids is 1. The molecular formula is C35H29Cl2N3O5. The fourth-order valence-corrected chi connectivity index (χ4v) is 5.18. The monoisotopic (exact) mass is 641 g/mol.